The molecule has 0 bridgehead atoms. The number of amides is 1. The molecule has 3 heterocycles. The molecule has 4 aromatic rings. The lowest BCUT2D eigenvalue weighted by molar-refractivity contribution is 0.102. The zero-order valence-electron chi connectivity index (χ0n) is 18.0. The Hall–Kier alpha value is -3.71. The summed E-state index contributed by atoms with van der Waals surface area (Å²) in [6.07, 6.45) is 5.16. The third kappa shape index (κ3) is 4.20. The van der Waals surface area contributed by atoms with Crippen LogP contribution < -0.4 is 10.6 Å². The summed E-state index contributed by atoms with van der Waals surface area (Å²) in [5.74, 6) is 0.832. The summed E-state index contributed by atoms with van der Waals surface area (Å²) in [6, 6.07) is 15.7. The van der Waals surface area contributed by atoms with E-state index in [1.165, 1.54) is 5.56 Å². The highest BCUT2D eigenvalue weighted by Gasteiger charge is 2.20. The molecule has 0 saturated carbocycles. The minimum Gasteiger partial charge on any atom is -0.471 e. The van der Waals surface area contributed by atoms with Crippen molar-refractivity contribution in [2.45, 2.75) is 25.9 Å². The summed E-state index contributed by atoms with van der Waals surface area (Å²) in [5, 5.41) is 8.02. The molecule has 2 N–H and O–H groups in total. The van der Waals surface area contributed by atoms with Crippen LogP contribution in [0, 0.1) is 0 Å². The van der Waals surface area contributed by atoms with Gasteiger partial charge in [0.25, 0.3) is 5.91 Å². The Morgan fingerprint density at radius 1 is 1.09 bits per heavy atom. The van der Waals surface area contributed by atoms with Crippen LogP contribution in [-0.4, -0.2) is 34.4 Å². The highest BCUT2D eigenvalue weighted by molar-refractivity contribution is 6.12. The van der Waals surface area contributed by atoms with Crippen LogP contribution in [0.2, 0.25) is 0 Å². The Labute approximate surface area is 186 Å². The van der Waals surface area contributed by atoms with Gasteiger partial charge in [-0.1, -0.05) is 42.5 Å². The fourth-order valence-electron chi connectivity index (χ4n) is 4.13. The lowest BCUT2D eigenvalue weighted by atomic mass is 10.1. The predicted octanol–water partition coefficient (Wildman–Crippen LogP) is 4.47. The van der Waals surface area contributed by atoms with Crippen molar-refractivity contribution in [3.8, 4) is 0 Å². The number of nitrogens with zero attached hydrogens (tertiary/aromatic N) is 3. The first kappa shape index (κ1) is 20.2. The van der Waals surface area contributed by atoms with E-state index in [1.54, 1.807) is 18.6 Å². The van der Waals surface area contributed by atoms with Gasteiger partial charge in [0.1, 0.15) is 5.82 Å². The summed E-state index contributed by atoms with van der Waals surface area (Å²) < 4.78 is 5.27. The first-order chi connectivity index (χ1) is 15.7. The quantitative estimate of drug-likeness (QED) is 0.489. The minimum absolute atomic E-state index is 0.257. The van der Waals surface area contributed by atoms with E-state index in [-0.39, 0.29) is 5.91 Å². The number of carbonyl (C=O) groups is 1. The molecule has 0 aliphatic carbocycles. The van der Waals surface area contributed by atoms with E-state index in [1.807, 2.05) is 30.3 Å². The molecule has 0 radical (unpaired) electrons. The standard InChI is InChI=1S/C25H25N5O2/c1-30-12-6-11-20-22(14-30)27-25(28-23(20)26-13-17-7-3-2-4-8-17)29-24(31)19-10-5-9-18-15-32-16-21(18)19/h2-5,7-10,15-16H,6,11-14H2,1H3,(H2,26,27,28,29,31). The number of fused-ring (bicyclic) bond motifs is 2. The molecule has 5 rings (SSSR count). The first-order valence-electron chi connectivity index (χ1n) is 10.8. The maximum absolute atomic E-state index is 13.1. The molecular formula is C25H25N5O2. The molecule has 7 heteroatoms. The number of benzene rings is 2. The second-order valence-corrected chi connectivity index (χ2v) is 8.14. The highest BCUT2D eigenvalue weighted by Crippen LogP contribution is 2.26. The Balaban J connectivity index is 1.46. The van der Waals surface area contributed by atoms with E-state index >= 15 is 0 Å². The molecular weight excluding hydrogens is 402 g/mol. The van der Waals surface area contributed by atoms with Crippen molar-refractivity contribution in [3.63, 3.8) is 0 Å². The second kappa shape index (κ2) is 8.80. The molecule has 1 aliphatic rings. The van der Waals surface area contributed by atoms with E-state index in [0.717, 1.165) is 53.8 Å². The molecule has 0 atom stereocenters. The van der Waals surface area contributed by atoms with Gasteiger partial charge in [-0.2, -0.15) is 4.98 Å². The summed E-state index contributed by atoms with van der Waals surface area (Å²) in [4.78, 5) is 24.7. The summed E-state index contributed by atoms with van der Waals surface area (Å²) >= 11 is 0. The van der Waals surface area contributed by atoms with Gasteiger partial charge in [0.15, 0.2) is 0 Å². The highest BCUT2D eigenvalue weighted by atomic mass is 16.3. The molecule has 2 aromatic heterocycles. The Bertz CT molecular complexity index is 1250. The van der Waals surface area contributed by atoms with Gasteiger partial charge in [0.2, 0.25) is 5.95 Å². The summed E-state index contributed by atoms with van der Waals surface area (Å²) in [6.45, 7) is 2.37. The van der Waals surface area contributed by atoms with Gasteiger partial charge in [-0.3, -0.25) is 10.1 Å². The van der Waals surface area contributed by atoms with E-state index in [0.29, 0.717) is 18.1 Å². The SMILES string of the molecule is CN1CCCc2c(nc(NC(=O)c3cccc4cocc34)nc2NCc2ccccc2)C1. The van der Waals surface area contributed by atoms with Gasteiger partial charge in [-0.05, 0) is 38.1 Å². The maximum atomic E-state index is 13.1. The summed E-state index contributed by atoms with van der Waals surface area (Å²) in [5.41, 5.74) is 3.78. The second-order valence-electron chi connectivity index (χ2n) is 8.14. The van der Waals surface area contributed by atoms with Gasteiger partial charge in [0.05, 0.1) is 23.8 Å². The Morgan fingerprint density at radius 3 is 2.84 bits per heavy atom. The van der Waals surface area contributed by atoms with E-state index in [9.17, 15) is 4.79 Å². The normalized spacial score (nSPS) is 14.0. The van der Waals surface area contributed by atoms with Gasteiger partial charge < -0.3 is 14.6 Å². The molecule has 32 heavy (non-hydrogen) atoms. The molecule has 2 aromatic carbocycles. The first-order valence-corrected chi connectivity index (χ1v) is 10.8. The van der Waals surface area contributed by atoms with Gasteiger partial charge in [0, 0.05) is 29.4 Å². The number of rotatable bonds is 5. The number of nitrogens with one attached hydrogen (secondary N) is 2. The van der Waals surface area contributed by atoms with Crippen LogP contribution in [0.3, 0.4) is 0 Å². The van der Waals surface area contributed by atoms with Crippen LogP contribution in [0.5, 0.6) is 0 Å². The Morgan fingerprint density at radius 2 is 1.97 bits per heavy atom. The van der Waals surface area contributed by atoms with E-state index in [4.69, 9.17) is 14.4 Å². The molecule has 7 nitrogen and oxygen atoms in total. The zero-order valence-corrected chi connectivity index (χ0v) is 18.0. The number of hydrogen-bond acceptors (Lipinski definition) is 6. The fraction of sp³-hybridized carbons (Fsp3) is 0.240. The van der Waals surface area contributed by atoms with Crippen molar-refractivity contribution in [3.05, 3.63) is 83.4 Å². The average molecular weight is 428 g/mol. The van der Waals surface area contributed by atoms with Gasteiger partial charge in [-0.25, -0.2) is 4.98 Å². The lowest BCUT2D eigenvalue weighted by Crippen LogP contribution is -2.20. The number of carbonyl (C=O) groups excluding carboxylic acids is 1. The number of furan rings is 1. The number of aromatic nitrogens is 2. The summed E-state index contributed by atoms with van der Waals surface area (Å²) in [7, 11) is 2.09. The van der Waals surface area contributed by atoms with Crippen LogP contribution in [0.1, 0.15) is 33.6 Å². The molecule has 0 unspecified atom stereocenters. The third-order valence-corrected chi connectivity index (χ3v) is 5.77. The monoisotopic (exact) mass is 427 g/mol. The zero-order chi connectivity index (χ0) is 21.9. The van der Waals surface area contributed by atoms with E-state index < -0.39 is 0 Å². The fourth-order valence-corrected chi connectivity index (χ4v) is 4.13. The lowest BCUT2D eigenvalue weighted by Gasteiger charge is -2.17. The molecule has 0 spiro atoms. The van der Waals surface area contributed by atoms with Gasteiger partial charge >= 0.3 is 0 Å². The van der Waals surface area contributed by atoms with Crippen LogP contribution in [-0.2, 0) is 19.5 Å². The van der Waals surface area contributed by atoms with Crippen molar-refractivity contribution in [2.24, 2.45) is 0 Å². The van der Waals surface area contributed by atoms with Crippen molar-refractivity contribution >= 4 is 28.4 Å². The van der Waals surface area contributed by atoms with Crippen LogP contribution >= 0.6 is 0 Å². The van der Waals surface area contributed by atoms with Crippen LogP contribution in [0.15, 0.2) is 65.5 Å². The van der Waals surface area contributed by atoms with Crippen molar-refractivity contribution in [2.75, 3.05) is 24.2 Å². The Kier molecular flexibility index (Phi) is 5.56. The molecule has 0 fully saturated rings. The smallest absolute Gasteiger partial charge is 0.258 e. The van der Waals surface area contributed by atoms with Crippen molar-refractivity contribution in [1.82, 2.24) is 14.9 Å². The number of hydrogen-bond donors (Lipinski definition) is 2. The van der Waals surface area contributed by atoms with Crippen LogP contribution in [0.25, 0.3) is 10.8 Å². The van der Waals surface area contributed by atoms with Crippen molar-refractivity contribution < 1.29 is 9.21 Å². The van der Waals surface area contributed by atoms with E-state index in [2.05, 4.69) is 34.7 Å². The van der Waals surface area contributed by atoms with Crippen LogP contribution in [0.4, 0.5) is 11.8 Å². The number of anilines is 2. The third-order valence-electron chi connectivity index (χ3n) is 5.77. The maximum Gasteiger partial charge on any atom is 0.258 e. The molecule has 1 aliphatic heterocycles. The average Bonchev–Trinajstić information content (AvgIpc) is 3.20. The molecule has 0 saturated heterocycles. The minimum atomic E-state index is -0.257. The predicted molar refractivity (Wildman–Crippen MR) is 125 cm³/mol. The van der Waals surface area contributed by atoms with Gasteiger partial charge in [-0.15, -0.1) is 0 Å². The largest absolute Gasteiger partial charge is 0.471 e. The molecule has 1 amide bonds. The topological polar surface area (TPSA) is 83.3 Å². The molecule has 162 valence electrons. The van der Waals surface area contributed by atoms with Crippen molar-refractivity contribution in [1.29, 1.82) is 0 Å².